The first-order chi connectivity index (χ1) is 8.42. The van der Waals surface area contributed by atoms with E-state index in [-0.39, 0.29) is 12.6 Å². The van der Waals surface area contributed by atoms with Gasteiger partial charge in [-0.1, -0.05) is 0 Å². The summed E-state index contributed by atoms with van der Waals surface area (Å²) < 4.78 is 41.7. The third-order valence-corrected chi connectivity index (χ3v) is 2.44. The summed E-state index contributed by atoms with van der Waals surface area (Å²) in [7, 11) is 0. The highest BCUT2D eigenvalue weighted by molar-refractivity contribution is 5.08. The summed E-state index contributed by atoms with van der Waals surface area (Å²) >= 11 is 0. The van der Waals surface area contributed by atoms with Gasteiger partial charge in [0.05, 0.1) is 12.8 Å². The second kappa shape index (κ2) is 6.75. The topological polar surface area (TPSA) is 39.1 Å². The second-order valence-corrected chi connectivity index (χ2v) is 3.97. The summed E-state index contributed by atoms with van der Waals surface area (Å²) in [5.74, 6) is 0. The third kappa shape index (κ3) is 5.50. The molecule has 1 heterocycles. The lowest BCUT2D eigenvalue weighted by Gasteiger charge is -2.12. The van der Waals surface area contributed by atoms with Crippen molar-refractivity contribution in [1.29, 1.82) is 0 Å². The van der Waals surface area contributed by atoms with Crippen LogP contribution in [0.1, 0.15) is 25.5 Å². The zero-order chi connectivity index (χ0) is 13.6. The summed E-state index contributed by atoms with van der Waals surface area (Å²) in [6, 6.07) is 0.0415. The van der Waals surface area contributed by atoms with Gasteiger partial charge in [0.15, 0.2) is 0 Å². The van der Waals surface area contributed by atoms with Gasteiger partial charge in [0.1, 0.15) is 6.61 Å². The van der Waals surface area contributed by atoms with E-state index in [1.807, 2.05) is 20.0 Å². The highest BCUT2D eigenvalue weighted by atomic mass is 19.4. The van der Waals surface area contributed by atoms with E-state index in [0.717, 1.165) is 12.1 Å². The standard InChI is InChI=1S/C11H18F3N3O/c1-3-17-7-10(6-16-17)9(2)15-4-5-18-8-11(12,13)14/h6-7,9,15H,3-5,8H2,1-2H3. The average Bonchev–Trinajstić information content (AvgIpc) is 2.75. The first-order valence-corrected chi connectivity index (χ1v) is 5.82. The van der Waals surface area contributed by atoms with Crippen molar-refractivity contribution in [3.63, 3.8) is 0 Å². The summed E-state index contributed by atoms with van der Waals surface area (Å²) in [5, 5.41) is 7.21. The van der Waals surface area contributed by atoms with E-state index in [1.54, 1.807) is 10.9 Å². The van der Waals surface area contributed by atoms with E-state index in [4.69, 9.17) is 0 Å². The summed E-state index contributed by atoms with van der Waals surface area (Å²) in [6.45, 7) is 3.92. The molecular weight excluding hydrogens is 247 g/mol. The van der Waals surface area contributed by atoms with Crippen molar-refractivity contribution in [3.05, 3.63) is 18.0 Å². The van der Waals surface area contributed by atoms with Crippen molar-refractivity contribution in [2.24, 2.45) is 0 Å². The van der Waals surface area contributed by atoms with Crippen molar-refractivity contribution < 1.29 is 17.9 Å². The van der Waals surface area contributed by atoms with Crippen molar-refractivity contribution in [2.45, 2.75) is 32.6 Å². The summed E-state index contributed by atoms with van der Waals surface area (Å²) in [5.41, 5.74) is 1.01. The molecule has 1 rings (SSSR count). The Morgan fingerprint density at radius 3 is 2.78 bits per heavy atom. The van der Waals surface area contributed by atoms with Crippen molar-refractivity contribution in [2.75, 3.05) is 19.8 Å². The average molecular weight is 265 g/mol. The first-order valence-electron chi connectivity index (χ1n) is 5.82. The lowest BCUT2D eigenvalue weighted by atomic mass is 10.2. The number of nitrogens with one attached hydrogen (secondary N) is 1. The smallest absolute Gasteiger partial charge is 0.371 e. The molecule has 0 radical (unpaired) electrons. The van der Waals surface area contributed by atoms with Gasteiger partial charge in [0.2, 0.25) is 0 Å². The maximum absolute atomic E-state index is 11.8. The molecule has 1 unspecified atom stereocenters. The Labute approximate surface area is 104 Å². The zero-order valence-electron chi connectivity index (χ0n) is 10.5. The summed E-state index contributed by atoms with van der Waals surface area (Å²) in [4.78, 5) is 0. The Hall–Kier alpha value is -1.08. The largest absolute Gasteiger partial charge is 0.411 e. The van der Waals surface area contributed by atoms with Crippen LogP contribution in [0.3, 0.4) is 0 Å². The monoisotopic (exact) mass is 265 g/mol. The van der Waals surface area contributed by atoms with Gasteiger partial charge in [0.25, 0.3) is 0 Å². The molecule has 0 saturated heterocycles. The van der Waals surface area contributed by atoms with Crippen molar-refractivity contribution in [3.8, 4) is 0 Å². The Morgan fingerprint density at radius 2 is 2.22 bits per heavy atom. The molecule has 18 heavy (non-hydrogen) atoms. The van der Waals surface area contributed by atoms with Crippen LogP contribution in [0.5, 0.6) is 0 Å². The van der Waals surface area contributed by atoms with Crippen LogP contribution in [0, 0.1) is 0 Å². The first kappa shape index (κ1) is 15.0. The van der Waals surface area contributed by atoms with Crippen LogP contribution in [0.2, 0.25) is 0 Å². The molecule has 1 N–H and O–H groups in total. The van der Waals surface area contributed by atoms with E-state index in [1.165, 1.54) is 0 Å². The predicted molar refractivity (Wildman–Crippen MR) is 61.2 cm³/mol. The molecule has 7 heteroatoms. The van der Waals surface area contributed by atoms with Gasteiger partial charge in [-0.05, 0) is 13.8 Å². The minimum absolute atomic E-state index is 0.0335. The molecule has 0 aromatic carbocycles. The van der Waals surface area contributed by atoms with Gasteiger partial charge in [-0.2, -0.15) is 18.3 Å². The minimum Gasteiger partial charge on any atom is -0.371 e. The second-order valence-electron chi connectivity index (χ2n) is 3.97. The molecular formula is C11H18F3N3O. The maximum atomic E-state index is 11.8. The molecule has 1 atom stereocenters. The van der Waals surface area contributed by atoms with Crippen LogP contribution in [-0.4, -0.2) is 35.7 Å². The number of aryl methyl sites for hydroxylation is 1. The number of rotatable bonds is 7. The Bertz CT molecular complexity index is 352. The minimum atomic E-state index is -4.26. The van der Waals surface area contributed by atoms with E-state index < -0.39 is 12.8 Å². The number of ether oxygens (including phenoxy) is 1. The lowest BCUT2D eigenvalue weighted by Crippen LogP contribution is -2.25. The molecule has 104 valence electrons. The number of aromatic nitrogens is 2. The molecule has 4 nitrogen and oxygen atoms in total. The Morgan fingerprint density at radius 1 is 1.50 bits per heavy atom. The van der Waals surface area contributed by atoms with E-state index in [2.05, 4.69) is 15.2 Å². The van der Waals surface area contributed by atoms with E-state index in [0.29, 0.717) is 6.54 Å². The normalized spacial score (nSPS) is 13.8. The fourth-order valence-electron chi connectivity index (χ4n) is 1.43. The zero-order valence-corrected chi connectivity index (χ0v) is 10.5. The van der Waals surface area contributed by atoms with Crippen LogP contribution in [-0.2, 0) is 11.3 Å². The number of hydrogen-bond donors (Lipinski definition) is 1. The van der Waals surface area contributed by atoms with Crippen molar-refractivity contribution >= 4 is 0 Å². The van der Waals surface area contributed by atoms with E-state index in [9.17, 15) is 13.2 Å². The Balaban J connectivity index is 2.19. The molecule has 0 saturated carbocycles. The number of hydrogen-bond acceptors (Lipinski definition) is 3. The van der Waals surface area contributed by atoms with E-state index >= 15 is 0 Å². The molecule has 0 fully saturated rings. The molecule has 0 spiro atoms. The fraction of sp³-hybridized carbons (Fsp3) is 0.727. The quantitative estimate of drug-likeness (QED) is 0.768. The third-order valence-electron chi connectivity index (χ3n) is 2.44. The van der Waals surface area contributed by atoms with Gasteiger partial charge in [-0.15, -0.1) is 0 Å². The fourth-order valence-corrected chi connectivity index (χ4v) is 1.43. The molecule has 1 aromatic rings. The molecule has 1 aromatic heterocycles. The molecule has 0 aliphatic carbocycles. The summed E-state index contributed by atoms with van der Waals surface area (Å²) in [6.07, 6.45) is -0.597. The molecule has 0 bridgehead atoms. The van der Waals surface area contributed by atoms with Crippen LogP contribution < -0.4 is 5.32 Å². The SMILES string of the molecule is CCn1cc(C(C)NCCOCC(F)(F)F)cn1. The van der Waals surface area contributed by atoms with Crippen LogP contribution in [0.25, 0.3) is 0 Å². The number of nitrogens with zero attached hydrogens (tertiary/aromatic N) is 2. The van der Waals surface area contributed by atoms with Gasteiger partial charge in [-0.3, -0.25) is 4.68 Å². The molecule has 0 aliphatic heterocycles. The van der Waals surface area contributed by atoms with Gasteiger partial charge in [0, 0.05) is 30.9 Å². The lowest BCUT2D eigenvalue weighted by molar-refractivity contribution is -0.173. The molecule has 0 aliphatic rings. The van der Waals surface area contributed by atoms with Crippen molar-refractivity contribution in [1.82, 2.24) is 15.1 Å². The van der Waals surface area contributed by atoms with Crippen LogP contribution in [0.15, 0.2) is 12.4 Å². The predicted octanol–water partition coefficient (Wildman–Crippen LogP) is 2.13. The van der Waals surface area contributed by atoms with Gasteiger partial charge in [-0.25, -0.2) is 0 Å². The Kier molecular flexibility index (Phi) is 5.61. The van der Waals surface area contributed by atoms with Crippen LogP contribution in [0.4, 0.5) is 13.2 Å². The number of alkyl halides is 3. The maximum Gasteiger partial charge on any atom is 0.411 e. The number of halogens is 3. The van der Waals surface area contributed by atoms with Gasteiger partial charge >= 0.3 is 6.18 Å². The highest BCUT2D eigenvalue weighted by Crippen LogP contribution is 2.14. The highest BCUT2D eigenvalue weighted by Gasteiger charge is 2.27. The molecule has 0 amide bonds. The van der Waals surface area contributed by atoms with Crippen LogP contribution >= 0.6 is 0 Å². The van der Waals surface area contributed by atoms with Gasteiger partial charge < -0.3 is 10.1 Å².